The zero-order valence-electron chi connectivity index (χ0n) is 8.83. The minimum Gasteiger partial charge on any atom is -0.272 e. The molecule has 1 saturated carbocycles. The molecular weight excluding hydrogens is 196 g/mol. The summed E-state index contributed by atoms with van der Waals surface area (Å²) in [5.41, 5.74) is 2.62. The molecule has 1 aliphatic carbocycles. The van der Waals surface area contributed by atoms with Gasteiger partial charge in [-0.3, -0.25) is 4.68 Å². The Morgan fingerprint density at radius 3 is 2.71 bits per heavy atom. The first-order valence-electron chi connectivity index (χ1n) is 5.32. The second-order valence-corrected chi connectivity index (χ2v) is 4.80. The number of alkyl halides is 1. The van der Waals surface area contributed by atoms with Gasteiger partial charge in [0, 0.05) is 24.0 Å². The zero-order valence-corrected chi connectivity index (χ0v) is 9.59. The molecule has 0 spiro atoms. The lowest BCUT2D eigenvalue weighted by atomic mass is 9.85. The smallest absolute Gasteiger partial charge is 0.0521 e. The second-order valence-electron chi connectivity index (χ2n) is 4.24. The summed E-state index contributed by atoms with van der Waals surface area (Å²) in [5, 5.41) is 4.59. The molecule has 0 aliphatic heterocycles. The average molecular weight is 213 g/mol. The van der Waals surface area contributed by atoms with Gasteiger partial charge in [-0.2, -0.15) is 5.10 Å². The minimum atomic E-state index is 0.304. The molecule has 3 heteroatoms. The highest BCUT2D eigenvalue weighted by Crippen LogP contribution is 2.37. The Labute approximate surface area is 90.3 Å². The van der Waals surface area contributed by atoms with Gasteiger partial charge >= 0.3 is 0 Å². The van der Waals surface area contributed by atoms with Crippen LogP contribution in [0, 0.1) is 6.92 Å². The fraction of sp³-hybridized carbons (Fsp3) is 0.727. The van der Waals surface area contributed by atoms with Crippen LogP contribution >= 0.6 is 11.6 Å². The summed E-state index contributed by atoms with van der Waals surface area (Å²) in [6.07, 6.45) is 6.89. The summed E-state index contributed by atoms with van der Waals surface area (Å²) < 4.78 is 1.99. The first kappa shape index (κ1) is 10.0. The van der Waals surface area contributed by atoms with E-state index in [0.29, 0.717) is 11.3 Å². The van der Waals surface area contributed by atoms with Gasteiger partial charge in [0.2, 0.25) is 0 Å². The highest BCUT2D eigenvalue weighted by molar-refractivity contribution is 6.21. The lowest BCUT2D eigenvalue weighted by Gasteiger charge is -2.27. The Balaban J connectivity index is 2.28. The zero-order chi connectivity index (χ0) is 10.1. The van der Waals surface area contributed by atoms with Crippen LogP contribution in [0.5, 0.6) is 0 Å². The van der Waals surface area contributed by atoms with Crippen LogP contribution in [-0.2, 0) is 7.05 Å². The largest absolute Gasteiger partial charge is 0.272 e. The van der Waals surface area contributed by atoms with Crippen LogP contribution in [0.4, 0.5) is 0 Å². The summed E-state index contributed by atoms with van der Waals surface area (Å²) in [5.74, 6) is 0.512. The van der Waals surface area contributed by atoms with Crippen LogP contribution < -0.4 is 0 Å². The summed E-state index contributed by atoms with van der Waals surface area (Å²) >= 11 is 6.38. The Morgan fingerprint density at radius 2 is 2.14 bits per heavy atom. The lowest BCUT2D eigenvalue weighted by molar-refractivity contribution is 0.429. The van der Waals surface area contributed by atoms with Crippen molar-refractivity contribution in [2.45, 2.75) is 43.9 Å². The van der Waals surface area contributed by atoms with Gasteiger partial charge in [-0.05, 0) is 25.3 Å². The van der Waals surface area contributed by atoms with Gasteiger partial charge in [-0.1, -0.05) is 12.8 Å². The Hall–Kier alpha value is -0.500. The van der Waals surface area contributed by atoms with E-state index in [4.69, 9.17) is 11.6 Å². The monoisotopic (exact) mass is 212 g/mol. The van der Waals surface area contributed by atoms with E-state index in [2.05, 4.69) is 12.0 Å². The number of hydrogen-bond donors (Lipinski definition) is 0. The van der Waals surface area contributed by atoms with Crippen molar-refractivity contribution in [2.24, 2.45) is 7.05 Å². The number of rotatable bonds is 1. The van der Waals surface area contributed by atoms with E-state index >= 15 is 0 Å². The molecular formula is C11H17ClN2. The SMILES string of the molecule is Cc1cnn(C)c1C1CCCCC1Cl. The molecule has 1 fully saturated rings. The first-order chi connectivity index (χ1) is 6.70. The Kier molecular flexibility index (Phi) is 2.82. The lowest BCUT2D eigenvalue weighted by Crippen LogP contribution is -2.21. The maximum absolute atomic E-state index is 6.38. The number of nitrogens with zero attached hydrogens (tertiary/aromatic N) is 2. The third-order valence-electron chi connectivity index (χ3n) is 3.21. The van der Waals surface area contributed by atoms with Gasteiger partial charge < -0.3 is 0 Å². The Morgan fingerprint density at radius 1 is 1.43 bits per heavy atom. The molecule has 78 valence electrons. The van der Waals surface area contributed by atoms with Gasteiger partial charge in [0.05, 0.1) is 6.20 Å². The van der Waals surface area contributed by atoms with Gasteiger partial charge in [0.15, 0.2) is 0 Å². The summed E-state index contributed by atoms with van der Waals surface area (Å²) in [4.78, 5) is 0. The molecule has 2 unspecified atom stereocenters. The molecule has 0 bridgehead atoms. The second kappa shape index (κ2) is 3.93. The number of aromatic nitrogens is 2. The van der Waals surface area contributed by atoms with Gasteiger partial charge in [-0.25, -0.2) is 0 Å². The molecule has 2 atom stereocenters. The molecule has 0 aromatic carbocycles. The van der Waals surface area contributed by atoms with E-state index in [9.17, 15) is 0 Å². The highest BCUT2D eigenvalue weighted by atomic mass is 35.5. The molecule has 1 heterocycles. The highest BCUT2D eigenvalue weighted by Gasteiger charge is 2.28. The third-order valence-corrected chi connectivity index (χ3v) is 3.73. The summed E-state index contributed by atoms with van der Waals surface area (Å²) in [7, 11) is 2.01. The fourth-order valence-corrected chi connectivity index (χ4v) is 2.88. The molecule has 14 heavy (non-hydrogen) atoms. The normalized spacial score (nSPS) is 27.9. The van der Waals surface area contributed by atoms with Crippen LogP contribution in [-0.4, -0.2) is 15.2 Å². The predicted molar refractivity (Wildman–Crippen MR) is 58.8 cm³/mol. The fourth-order valence-electron chi connectivity index (χ4n) is 2.48. The van der Waals surface area contributed by atoms with Crippen molar-refractivity contribution in [3.8, 4) is 0 Å². The first-order valence-corrected chi connectivity index (χ1v) is 5.76. The van der Waals surface area contributed by atoms with Crippen LogP contribution in [0.2, 0.25) is 0 Å². The molecule has 0 amide bonds. The van der Waals surface area contributed by atoms with Crippen LogP contribution in [0.15, 0.2) is 6.20 Å². The van der Waals surface area contributed by atoms with E-state index in [0.717, 1.165) is 6.42 Å². The summed E-state index contributed by atoms with van der Waals surface area (Å²) in [6, 6.07) is 0. The van der Waals surface area contributed by atoms with Crippen LogP contribution in [0.25, 0.3) is 0 Å². The molecule has 1 aromatic rings. The number of hydrogen-bond acceptors (Lipinski definition) is 1. The van der Waals surface area contributed by atoms with E-state index < -0.39 is 0 Å². The molecule has 1 aromatic heterocycles. The van der Waals surface area contributed by atoms with Gasteiger partial charge in [0.1, 0.15) is 0 Å². The van der Waals surface area contributed by atoms with E-state index in [-0.39, 0.29) is 0 Å². The molecule has 2 rings (SSSR count). The summed E-state index contributed by atoms with van der Waals surface area (Å²) in [6.45, 7) is 2.13. The van der Waals surface area contributed by atoms with Crippen molar-refractivity contribution in [1.29, 1.82) is 0 Å². The number of halogens is 1. The van der Waals surface area contributed by atoms with E-state index in [1.165, 1.54) is 30.5 Å². The van der Waals surface area contributed by atoms with E-state index in [1.54, 1.807) is 0 Å². The average Bonchev–Trinajstić information content (AvgIpc) is 2.48. The molecule has 2 nitrogen and oxygen atoms in total. The number of aryl methyl sites for hydroxylation is 2. The van der Waals surface area contributed by atoms with Gasteiger partial charge in [0.25, 0.3) is 0 Å². The Bertz CT molecular complexity index is 300. The van der Waals surface area contributed by atoms with Crippen molar-refractivity contribution >= 4 is 11.6 Å². The third kappa shape index (κ3) is 1.68. The maximum atomic E-state index is 6.38. The standard InChI is InChI=1S/C11H17ClN2/c1-8-7-13-14(2)11(8)9-5-3-4-6-10(9)12/h7,9-10H,3-6H2,1-2H3. The van der Waals surface area contributed by atoms with Gasteiger partial charge in [-0.15, -0.1) is 11.6 Å². The minimum absolute atomic E-state index is 0.304. The van der Waals surface area contributed by atoms with E-state index in [1.807, 2.05) is 17.9 Å². The molecule has 0 saturated heterocycles. The predicted octanol–water partition coefficient (Wildman–Crippen LogP) is 2.99. The van der Waals surface area contributed by atoms with Crippen LogP contribution in [0.1, 0.15) is 42.9 Å². The maximum Gasteiger partial charge on any atom is 0.0521 e. The molecule has 1 aliphatic rings. The quantitative estimate of drug-likeness (QED) is 0.655. The van der Waals surface area contributed by atoms with Crippen molar-refractivity contribution in [3.63, 3.8) is 0 Å². The van der Waals surface area contributed by atoms with Crippen LogP contribution in [0.3, 0.4) is 0 Å². The van der Waals surface area contributed by atoms with Crippen molar-refractivity contribution in [3.05, 3.63) is 17.5 Å². The van der Waals surface area contributed by atoms with Crippen molar-refractivity contribution in [1.82, 2.24) is 9.78 Å². The topological polar surface area (TPSA) is 17.8 Å². The molecule has 0 N–H and O–H groups in total. The van der Waals surface area contributed by atoms with Crippen molar-refractivity contribution < 1.29 is 0 Å². The van der Waals surface area contributed by atoms with Crippen molar-refractivity contribution in [2.75, 3.05) is 0 Å². The molecule has 0 radical (unpaired) electrons.